The third-order valence-corrected chi connectivity index (χ3v) is 3.08. The predicted octanol–water partition coefficient (Wildman–Crippen LogP) is 2.16. The largest absolute Gasteiger partial charge is 0.333 e. The predicted molar refractivity (Wildman–Crippen MR) is 71.8 cm³/mol. The summed E-state index contributed by atoms with van der Waals surface area (Å²) < 4.78 is 27.2. The van der Waals surface area contributed by atoms with Gasteiger partial charge in [-0.1, -0.05) is 0 Å². The topological polar surface area (TPSA) is 56.0 Å². The van der Waals surface area contributed by atoms with Crippen LogP contribution in [0.1, 0.15) is 36.4 Å². The van der Waals surface area contributed by atoms with Crippen LogP contribution in [0.25, 0.3) is 0 Å². The monoisotopic (exact) mass is 297 g/mol. The van der Waals surface area contributed by atoms with E-state index in [-0.39, 0.29) is 11.6 Å². The van der Waals surface area contributed by atoms with Gasteiger partial charge in [-0.3, -0.25) is 9.48 Å². The average Bonchev–Trinajstić information content (AvgIpc) is 3.13. The lowest BCUT2D eigenvalue weighted by atomic mass is 10.3. The zero-order valence-electron chi connectivity index (χ0n) is 11.9. The van der Waals surface area contributed by atoms with Gasteiger partial charge in [-0.25, -0.2) is 4.68 Å². The Morgan fingerprint density at radius 2 is 2.19 bits per heavy atom. The molecule has 0 unspecified atom stereocenters. The second-order valence-electron chi connectivity index (χ2n) is 4.48. The Bertz CT molecular complexity index is 607. The number of nitrogens with zero attached hydrogens (tertiary/aromatic N) is 5. The number of aryl methyl sites for hydroxylation is 1. The normalized spacial score (nSPS) is 11.1. The fraction of sp³-hybridized carbons (Fsp3) is 0.462. The Kier molecular flexibility index (Phi) is 4.66. The van der Waals surface area contributed by atoms with Crippen molar-refractivity contribution in [1.82, 2.24) is 24.5 Å². The smallest absolute Gasteiger partial charge is 0.333 e. The number of carbonyl (C=O) groups is 1. The van der Waals surface area contributed by atoms with E-state index in [0.29, 0.717) is 17.8 Å². The molecular formula is C13H17F2N5O. The molecule has 0 aliphatic carbocycles. The minimum atomic E-state index is -2.75. The Hall–Kier alpha value is -2.25. The highest BCUT2D eigenvalue weighted by molar-refractivity contribution is 5.92. The van der Waals surface area contributed by atoms with Gasteiger partial charge in [0.25, 0.3) is 5.91 Å². The van der Waals surface area contributed by atoms with E-state index in [4.69, 9.17) is 0 Å². The van der Waals surface area contributed by atoms with Gasteiger partial charge < -0.3 is 4.90 Å². The van der Waals surface area contributed by atoms with Gasteiger partial charge in [-0.05, 0) is 19.9 Å². The van der Waals surface area contributed by atoms with E-state index in [2.05, 4.69) is 10.2 Å². The molecule has 0 spiro atoms. The van der Waals surface area contributed by atoms with Crippen LogP contribution in [0.2, 0.25) is 0 Å². The number of rotatable bonds is 6. The first kappa shape index (κ1) is 15.1. The Morgan fingerprint density at radius 1 is 1.43 bits per heavy atom. The highest BCUT2D eigenvalue weighted by atomic mass is 19.3. The standard InChI is InChI=1S/C13H17F2N5O/c1-3-18(8-10-7-16-19(4-2)9-10)12(21)11-5-6-20(17-11)13(14)15/h5-7,9,13H,3-4,8H2,1-2H3. The van der Waals surface area contributed by atoms with E-state index in [1.54, 1.807) is 10.9 Å². The third-order valence-electron chi connectivity index (χ3n) is 3.08. The van der Waals surface area contributed by atoms with Crippen molar-refractivity contribution in [3.63, 3.8) is 0 Å². The lowest BCUT2D eigenvalue weighted by Crippen LogP contribution is -2.30. The summed E-state index contributed by atoms with van der Waals surface area (Å²) in [5.41, 5.74) is 0.903. The zero-order chi connectivity index (χ0) is 15.4. The highest BCUT2D eigenvalue weighted by Crippen LogP contribution is 2.12. The highest BCUT2D eigenvalue weighted by Gasteiger charge is 2.19. The van der Waals surface area contributed by atoms with E-state index >= 15 is 0 Å². The van der Waals surface area contributed by atoms with Crippen LogP contribution in [-0.2, 0) is 13.1 Å². The SMILES string of the molecule is CCN(Cc1cnn(CC)c1)C(=O)c1ccn(C(F)F)n1. The van der Waals surface area contributed by atoms with Gasteiger partial charge in [0.15, 0.2) is 5.69 Å². The molecule has 0 bridgehead atoms. The van der Waals surface area contributed by atoms with Crippen LogP contribution in [0.5, 0.6) is 0 Å². The molecule has 114 valence electrons. The van der Waals surface area contributed by atoms with Crippen LogP contribution in [0.3, 0.4) is 0 Å². The van der Waals surface area contributed by atoms with Crippen molar-refractivity contribution in [1.29, 1.82) is 0 Å². The van der Waals surface area contributed by atoms with Gasteiger partial charge in [-0.15, -0.1) is 0 Å². The minimum absolute atomic E-state index is 0.0139. The van der Waals surface area contributed by atoms with E-state index in [1.807, 2.05) is 20.0 Å². The molecule has 2 aromatic heterocycles. The van der Waals surface area contributed by atoms with Crippen LogP contribution in [0.15, 0.2) is 24.7 Å². The van der Waals surface area contributed by atoms with Gasteiger partial charge in [0.2, 0.25) is 0 Å². The Morgan fingerprint density at radius 3 is 2.71 bits per heavy atom. The van der Waals surface area contributed by atoms with Gasteiger partial charge in [0.1, 0.15) is 0 Å². The molecule has 0 aliphatic rings. The lowest BCUT2D eigenvalue weighted by Gasteiger charge is -2.18. The second-order valence-corrected chi connectivity index (χ2v) is 4.48. The molecule has 6 nitrogen and oxygen atoms in total. The number of amides is 1. The second kappa shape index (κ2) is 6.47. The summed E-state index contributed by atoms with van der Waals surface area (Å²) >= 11 is 0. The number of hydrogen-bond acceptors (Lipinski definition) is 3. The first-order valence-corrected chi connectivity index (χ1v) is 6.69. The number of hydrogen-bond donors (Lipinski definition) is 0. The van der Waals surface area contributed by atoms with E-state index in [9.17, 15) is 13.6 Å². The molecule has 0 aromatic carbocycles. The van der Waals surface area contributed by atoms with Crippen LogP contribution >= 0.6 is 0 Å². The van der Waals surface area contributed by atoms with Gasteiger partial charge in [0.05, 0.1) is 6.20 Å². The summed E-state index contributed by atoms with van der Waals surface area (Å²) in [6, 6.07) is 1.30. The number of carbonyl (C=O) groups excluding carboxylic acids is 1. The van der Waals surface area contributed by atoms with Crippen molar-refractivity contribution in [2.24, 2.45) is 0 Å². The molecule has 0 saturated heterocycles. The molecule has 0 saturated carbocycles. The minimum Gasteiger partial charge on any atom is -0.333 e. The summed E-state index contributed by atoms with van der Waals surface area (Å²) in [5, 5.41) is 7.74. The molecule has 2 rings (SSSR count). The number of alkyl halides is 2. The van der Waals surface area contributed by atoms with Crippen molar-refractivity contribution in [2.75, 3.05) is 6.54 Å². The first-order chi connectivity index (χ1) is 10.0. The van der Waals surface area contributed by atoms with E-state index in [1.165, 1.54) is 11.0 Å². The molecule has 8 heteroatoms. The zero-order valence-corrected chi connectivity index (χ0v) is 11.9. The Labute approximate surface area is 121 Å². The molecular weight excluding hydrogens is 280 g/mol. The summed E-state index contributed by atoms with van der Waals surface area (Å²) in [6.07, 6.45) is 4.64. The first-order valence-electron chi connectivity index (χ1n) is 6.69. The van der Waals surface area contributed by atoms with Gasteiger partial charge >= 0.3 is 6.55 Å². The molecule has 0 atom stereocenters. The molecule has 2 heterocycles. The lowest BCUT2D eigenvalue weighted by molar-refractivity contribution is 0.0551. The van der Waals surface area contributed by atoms with Crippen molar-refractivity contribution >= 4 is 5.91 Å². The fourth-order valence-corrected chi connectivity index (χ4v) is 1.93. The molecule has 0 aliphatic heterocycles. The van der Waals surface area contributed by atoms with E-state index in [0.717, 1.165) is 18.3 Å². The molecule has 21 heavy (non-hydrogen) atoms. The van der Waals surface area contributed by atoms with Crippen molar-refractivity contribution < 1.29 is 13.6 Å². The summed E-state index contributed by atoms with van der Waals surface area (Å²) in [6.45, 7) is 2.63. The number of halogens is 2. The third kappa shape index (κ3) is 3.45. The maximum Gasteiger partial charge on any atom is 0.333 e. The summed E-state index contributed by atoms with van der Waals surface area (Å²) in [4.78, 5) is 13.8. The van der Waals surface area contributed by atoms with Crippen LogP contribution in [0, 0.1) is 0 Å². The maximum absolute atomic E-state index is 12.5. The fourth-order valence-electron chi connectivity index (χ4n) is 1.93. The van der Waals surface area contributed by atoms with Crippen LogP contribution in [-0.4, -0.2) is 36.9 Å². The van der Waals surface area contributed by atoms with E-state index < -0.39 is 6.55 Å². The number of aromatic nitrogens is 4. The van der Waals surface area contributed by atoms with Crippen molar-refractivity contribution in [3.8, 4) is 0 Å². The van der Waals surface area contributed by atoms with Gasteiger partial charge in [-0.2, -0.15) is 19.0 Å². The molecule has 0 N–H and O–H groups in total. The quantitative estimate of drug-likeness (QED) is 0.821. The average molecular weight is 297 g/mol. The molecule has 0 fully saturated rings. The van der Waals surface area contributed by atoms with Crippen molar-refractivity contribution in [2.45, 2.75) is 33.5 Å². The molecule has 1 amide bonds. The summed E-state index contributed by atoms with van der Waals surface area (Å²) in [5.74, 6) is -0.374. The van der Waals surface area contributed by atoms with Crippen LogP contribution < -0.4 is 0 Å². The van der Waals surface area contributed by atoms with Crippen LogP contribution in [0.4, 0.5) is 8.78 Å². The van der Waals surface area contributed by atoms with Crippen molar-refractivity contribution in [3.05, 3.63) is 35.9 Å². The summed E-state index contributed by atoms with van der Waals surface area (Å²) in [7, 11) is 0. The maximum atomic E-state index is 12.5. The van der Waals surface area contributed by atoms with Gasteiger partial charge in [0, 0.05) is 37.6 Å². The Balaban J connectivity index is 2.10. The molecule has 0 radical (unpaired) electrons. The molecule has 2 aromatic rings.